The molecule has 0 spiro atoms. The molecule has 3 rings (SSSR count). The van der Waals surface area contributed by atoms with E-state index in [1.807, 2.05) is 0 Å². The van der Waals surface area contributed by atoms with Crippen molar-refractivity contribution in [3.8, 4) is 0 Å². The Hall–Kier alpha value is -1.64. The highest BCUT2D eigenvalue weighted by Crippen LogP contribution is 2.33. The highest BCUT2D eigenvalue weighted by atomic mass is 32.2. The molecule has 3 heterocycles. The third-order valence-corrected chi connectivity index (χ3v) is 5.77. The van der Waals surface area contributed by atoms with Crippen molar-refractivity contribution < 1.29 is 19.1 Å². The van der Waals surface area contributed by atoms with Crippen LogP contribution in [0.15, 0.2) is 27.7 Å². The van der Waals surface area contributed by atoms with E-state index in [0.717, 1.165) is 19.3 Å². The maximum Gasteiger partial charge on any atom is 0.266 e. The van der Waals surface area contributed by atoms with Gasteiger partial charge < -0.3 is 14.4 Å². The molecule has 0 bridgehead atoms. The van der Waals surface area contributed by atoms with Crippen LogP contribution >= 0.6 is 24.0 Å². The summed E-state index contributed by atoms with van der Waals surface area (Å²) in [5.41, 5.74) is 0. The number of aliphatic hydroxyl groups excluding tert-OH is 1. The quantitative estimate of drug-likeness (QED) is 0.624. The minimum atomic E-state index is -0.268. The van der Waals surface area contributed by atoms with Crippen LogP contribution in [0.2, 0.25) is 0 Å². The lowest BCUT2D eigenvalue weighted by molar-refractivity contribution is -0.138. The smallest absolute Gasteiger partial charge is 0.266 e. The fraction of sp³-hybridized carbons (Fsp3) is 0.471. The van der Waals surface area contributed by atoms with Crippen LogP contribution in [0, 0.1) is 0 Å². The maximum atomic E-state index is 12.7. The van der Waals surface area contributed by atoms with Crippen molar-refractivity contribution in [3.63, 3.8) is 0 Å². The van der Waals surface area contributed by atoms with Crippen molar-refractivity contribution >= 4 is 46.2 Å². The van der Waals surface area contributed by atoms with Crippen LogP contribution in [0.4, 0.5) is 0 Å². The van der Waals surface area contributed by atoms with Gasteiger partial charge in [-0.2, -0.15) is 0 Å². The minimum Gasteiger partial charge on any atom is -0.465 e. The number of likely N-dealkylation sites (tertiary alicyclic amines) is 1. The van der Waals surface area contributed by atoms with Crippen LogP contribution in [0.5, 0.6) is 0 Å². The van der Waals surface area contributed by atoms with E-state index < -0.39 is 0 Å². The summed E-state index contributed by atoms with van der Waals surface area (Å²) in [6.07, 6.45) is 6.64. The molecule has 1 aromatic heterocycles. The number of nitrogens with zero attached hydrogens (tertiary/aromatic N) is 2. The van der Waals surface area contributed by atoms with Gasteiger partial charge >= 0.3 is 0 Å². The van der Waals surface area contributed by atoms with Gasteiger partial charge in [0.25, 0.3) is 5.91 Å². The number of piperidine rings is 1. The number of rotatable bonds is 5. The Labute approximate surface area is 155 Å². The van der Waals surface area contributed by atoms with Crippen molar-refractivity contribution in [1.29, 1.82) is 0 Å². The Morgan fingerprint density at radius 2 is 2.32 bits per heavy atom. The molecule has 0 aromatic carbocycles. The second-order valence-electron chi connectivity index (χ2n) is 6.03. The lowest BCUT2D eigenvalue weighted by Gasteiger charge is -2.36. The van der Waals surface area contributed by atoms with Crippen LogP contribution in [0.25, 0.3) is 6.08 Å². The molecule has 2 fully saturated rings. The molecular formula is C17H20N2O4S2. The number of amides is 2. The maximum absolute atomic E-state index is 12.7. The van der Waals surface area contributed by atoms with Gasteiger partial charge in [0.1, 0.15) is 16.6 Å². The van der Waals surface area contributed by atoms with Gasteiger partial charge in [-0.1, -0.05) is 24.0 Å². The Balaban J connectivity index is 1.68. The molecule has 134 valence electrons. The second kappa shape index (κ2) is 8.16. The number of hydrogen-bond acceptors (Lipinski definition) is 6. The summed E-state index contributed by atoms with van der Waals surface area (Å²) in [4.78, 5) is 28.9. The topological polar surface area (TPSA) is 74.0 Å². The van der Waals surface area contributed by atoms with Crippen molar-refractivity contribution in [2.45, 2.75) is 31.7 Å². The summed E-state index contributed by atoms with van der Waals surface area (Å²) in [5, 5.41) is 9.20. The van der Waals surface area contributed by atoms with Crippen molar-refractivity contribution in [1.82, 2.24) is 9.80 Å². The van der Waals surface area contributed by atoms with Gasteiger partial charge in [0, 0.05) is 25.3 Å². The number of carbonyl (C=O) groups is 2. The van der Waals surface area contributed by atoms with Crippen molar-refractivity contribution in [2.75, 3.05) is 19.7 Å². The zero-order chi connectivity index (χ0) is 17.8. The average Bonchev–Trinajstić information content (AvgIpc) is 3.20. The highest BCUT2D eigenvalue weighted by Gasteiger charge is 2.36. The minimum absolute atomic E-state index is 0.0447. The third kappa shape index (κ3) is 4.13. The number of thiocarbonyl (C=S) groups is 1. The van der Waals surface area contributed by atoms with Crippen LogP contribution in [-0.2, 0) is 9.59 Å². The zero-order valence-electron chi connectivity index (χ0n) is 13.7. The number of aliphatic hydroxyl groups is 1. The summed E-state index contributed by atoms with van der Waals surface area (Å²) in [6.45, 7) is 0.671. The van der Waals surface area contributed by atoms with Gasteiger partial charge in [-0.15, -0.1) is 0 Å². The SMILES string of the molecule is O=C1C(=Cc2ccco2)SC(=S)N1CC(=O)N1CCCCC1CCO. The first-order valence-corrected chi connectivity index (χ1v) is 9.52. The Kier molecular flexibility index (Phi) is 5.93. The fourth-order valence-corrected chi connectivity index (χ4v) is 4.38. The zero-order valence-corrected chi connectivity index (χ0v) is 15.4. The number of thioether (sulfide) groups is 1. The van der Waals surface area contributed by atoms with Crippen LogP contribution in [0.1, 0.15) is 31.4 Å². The standard InChI is InChI=1S/C17H20N2O4S2/c20-8-6-12-4-1-2-7-18(12)15(21)11-19-16(22)14(25-17(19)24)10-13-5-3-9-23-13/h3,5,9-10,12,20H,1-2,4,6-8,11H2. The summed E-state index contributed by atoms with van der Waals surface area (Å²) in [6, 6.07) is 3.54. The van der Waals surface area contributed by atoms with E-state index in [0.29, 0.717) is 28.0 Å². The molecule has 2 aliphatic heterocycles. The molecule has 1 aromatic rings. The first-order valence-electron chi connectivity index (χ1n) is 8.29. The third-order valence-electron chi connectivity index (χ3n) is 4.39. The summed E-state index contributed by atoms with van der Waals surface area (Å²) in [5.74, 6) is 0.190. The van der Waals surface area contributed by atoms with E-state index in [4.69, 9.17) is 16.6 Å². The molecule has 0 aliphatic carbocycles. The summed E-state index contributed by atoms with van der Waals surface area (Å²) in [7, 11) is 0. The molecule has 2 aliphatic rings. The lowest BCUT2D eigenvalue weighted by Crippen LogP contribution is -2.49. The highest BCUT2D eigenvalue weighted by molar-refractivity contribution is 8.26. The van der Waals surface area contributed by atoms with Gasteiger partial charge in [0.05, 0.1) is 11.2 Å². The van der Waals surface area contributed by atoms with E-state index in [9.17, 15) is 14.7 Å². The molecule has 0 saturated carbocycles. The Morgan fingerprint density at radius 1 is 1.48 bits per heavy atom. The first-order chi connectivity index (χ1) is 12.1. The van der Waals surface area contributed by atoms with Crippen LogP contribution < -0.4 is 0 Å². The molecule has 1 N–H and O–H groups in total. The largest absolute Gasteiger partial charge is 0.465 e. The number of hydrogen-bond donors (Lipinski definition) is 1. The predicted molar refractivity (Wildman–Crippen MR) is 99.6 cm³/mol. The van der Waals surface area contributed by atoms with Gasteiger partial charge in [-0.3, -0.25) is 14.5 Å². The Morgan fingerprint density at radius 3 is 3.04 bits per heavy atom. The van der Waals surface area contributed by atoms with Gasteiger partial charge in [-0.05, 0) is 37.8 Å². The lowest BCUT2D eigenvalue weighted by atomic mass is 9.99. The molecule has 2 saturated heterocycles. The molecule has 6 nitrogen and oxygen atoms in total. The van der Waals surface area contributed by atoms with Gasteiger partial charge in [0.15, 0.2) is 0 Å². The average molecular weight is 380 g/mol. The van der Waals surface area contributed by atoms with Crippen LogP contribution in [-0.4, -0.2) is 56.8 Å². The monoisotopic (exact) mass is 380 g/mol. The summed E-state index contributed by atoms with van der Waals surface area (Å²) < 4.78 is 5.61. The van der Waals surface area contributed by atoms with E-state index in [2.05, 4.69) is 0 Å². The molecule has 1 atom stereocenters. The van der Waals surface area contributed by atoms with E-state index >= 15 is 0 Å². The van der Waals surface area contributed by atoms with Crippen LogP contribution in [0.3, 0.4) is 0 Å². The van der Waals surface area contributed by atoms with Crippen molar-refractivity contribution in [3.05, 3.63) is 29.1 Å². The van der Waals surface area contributed by atoms with Gasteiger partial charge in [-0.25, -0.2) is 0 Å². The number of furan rings is 1. The summed E-state index contributed by atoms with van der Waals surface area (Å²) >= 11 is 6.45. The predicted octanol–water partition coefficient (Wildman–Crippen LogP) is 2.24. The molecule has 8 heteroatoms. The van der Waals surface area contributed by atoms with E-state index in [-0.39, 0.29) is 31.0 Å². The van der Waals surface area contributed by atoms with Crippen molar-refractivity contribution in [2.24, 2.45) is 0 Å². The molecule has 2 amide bonds. The first kappa shape index (κ1) is 18.2. The molecule has 1 unspecified atom stereocenters. The normalized spacial score (nSPS) is 22.9. The fourth-order valence-electron chi connectivity index (χ4n) is 3.14. The Bertz CT molecular complexity index is 685. The van der Waals surface area contributed by atoms with E-state index in [1.54, 1.807) is 23.1 Å². The van der Waals surface area contributed by atoms with Gasteiger partial charge in [0.2, 0.25) is 5.91 Å². The van der Waals surface area contributed by atoms with E-state index in [1.165, 1.54) is 22.9 Å². The molecule has 0 radical (unpaired) electrons. The molecule has 25 heavy (non-hydrogen) atoms. The molecular weight excluding hydrogens is 360 g/mol. The second-order valence-corrected chi connectivity index (χ2v) is 7.71. The number of carbonyl (C=O) groups excluding carboxylic acids is 2.